The number of hydrogen-bond donors (Lipinski definition) is 1. The molecule has 0 saturated heterocycles. The summed E-state index contributed by atoms with van der Waals surface area (Å²) in [6.07, 6.45) is 9.02. The number of carbonyl (C=O) groups is 1. The van der Waals surface area contributed by atoms with Crippen LogP contribution in [0.1, 0.15) is 36.8 Å². The molecule has 3 aromatic rings. The first-order valence-electron chi connectivity index (χ1n) is 9.46. The van der Waals surface area contributed by atoms with E-state index < -0.39 is 5.41 Å². The van der Waals surface area contributed by atoms with E-state index in [0.717, 1.165) is 42.5 Å². The summed E-state index contributed by atoms with van der Waals surface area (Å²) in [5, 5.41) is 7.40. The van der Waals surface area contributed by atoms with Crippen LogP contribution in [-0.2, 0) is 16.8 Å². The molecule has 0 radical (unpaired) electrons. The minimum absolute atomic E-state index is 0.0347. The molecule has 0 atom stereocenters. The third-order valence-electron chi connectivity index (χ3n) is 5.62. The van der Waals surface area contributed by atoms with Crippen molar-refractivity contribution >= 4 is 11.6 Å². The summed E-state index contributed by atoms with van der Waals surface area (Å²) in [5.74, 6) is 1.34. The van der Waals surface area contributed by atoms with E-state index in [4.69, 9.17) is 9.47 Å². The number of nitrogens with zero attached hydrogens (tertiary/aromatic N) is 3. The van der Waals surface area contributed by atoms with Gasteiger partial charge in [0.2, 0.25) is 5.91 Å². The summed E-state index contributed by atoms with van der Waals surface area (Å²) in [7, 11) is 3.22. The standard InChI is InChI=1S/C21H24N4O3/c1-27-17-7-6-16(12-18(17)28-2)21(8-3-4-9-21)20(26)23-13-15-14-24-25-11-5-10-22-19(15)25/h5-7,10-12,14H,3-4,8-9,13H2,1-2H3,(H,23,26). The van der Waals surface area contributed by atoms with Gasteiger partial charge >= 0.3 is 0 Å². The molecule has 2 heterocycles. The van der Waals surface area contributed by atoms with Gasteiger partial charge in [-0.2, -0.15) is 5.10 Å². The van der Waals surface area contributed by atoms with Gasteiger partial charge in [0, 0.05) is 24.5 Å². The zero-order valence-electron chi connectivity index (χ0n) is 16.1. The van der Waals surface area contributed by atoms with Crippen LogP contribution in [0.4, 0.5) is 0 Å². The first-order valence-corrected chi connectivity index (χ1v) is 9.46. The smallest absolute Gasteiger partial charge is 0.230 e. The van der Waals surface area contributed by atoms with E-state index in [1.165, 1.54) is 0 Å². The number of amides is 1. The highest BCUT2D eigenvalue weighted by Crippen LogP contribution is 2.44. The minimum Gasteiger partial charge on any atom is -0.493 e. The molecule has 4 rings (SSSR count). The first-order chi connectivity index (χ1) is 13.7. The summed E-state index contributed by atoms with van der Waals surface area (Å²) in [6.45, 7) is 0.397. The predicted molar refractivity (Wildman–Crippen MR) is 105 cm³/mol. The molecule has 1 N–H and O–H groups in total. The van der Waals surface area contributed by atoms with Crippen molar-refractivity contribution in [3.8, 4) is 11.5 Å². The number of carbonyl (C=O) groups excluding carboxylic acids is 1. The minimum atomic E-state index is -0.546. The number of fused-ring (bicyclic) bond motifs is 1. The van der Waals surface area contributed by atoms with Crippen LogP contribution in [0.25, 0.3) is 5.65 Å². The molecule has 1 fully saturated rings. The molecule has 0 spiro atoms. The molecule has 2 aromatic heterocycles. The van der Waals surface area contributed by atoms with Crippen LogP contribution in [-0.4, -0.2) is 34.7 Å². The van der Waals surface area contributed by atoms with Crippen LogP contribution < -0.4 is 14.8 Å². The summed E-state index contributed by atoms with van der Waals surface area (Å²) in [6, 6.07) is 7.60. The highest BCUT2D eigenvalue weighted by atomic mass is 16.5. The molecule has 0 aliphatic heterocycles. The van der Waals surface area contributed by atoms with Crippen molar-refractivity contribution in [3.63, 3.8) is 0 Å². The second-order valence-electron chi connectivity index (χ2n) is 7.10. The van der Waals surface area contributed by atoms with Gasteiger partial charge in [-0.15, -0.1) is 0 Å². The van der Waals surface area contributed by atoms with Gasteiger partial charge in [-0.3, -0.25) is 4.79 Å². The number of ether oxygens (including phenoxy) is 2. The molecular formula is C21H24N4O3. The topological polar surface area (TPSA) is 77.8 Å². The molecule has 7 nitrogen and oxygen atoms in total. The molecule has 28 heavy (non-hydrogen) atoms. The number of benzene rings is 1. The van der Waals surface area contributed by atoms with Gasteiger partial charge in [0.05, 0.1) is 25.8 Å². The number of rotatable bonds is 6. The Morgan fingerprint density at radius 1 is 1.21 bits per heavy atom. The summed E-state index contributed by atoms with van der Waals surface area (Å²) in [4.78, 5) is 17.7. The molecule has 1 aromatic carbocycles. The summed E-state index contributed by atoms with van der Waals surface area (Å²) in [5.41, 5.74) is 2.08. The van der Waals surface area contributed by atoms with E-state index in [2.05, 4.69) is 15.4 Å². The first kappa shape index (κ1) is 18.3. The maximum atomic E-state index is 13.3. The molecule has 1 amide bonds. The Morgan fingerprint density at radius 3 is 2.75 bits per heavy atom. The van der Waals surface area contributed by atoms with Crippen LogP contribution in [0.2, 0.25) is 0 Å². The highest BCUT2D eigenvalue weighted by molar-refractivity contribution is 5.89. The fourth-order valence-corrected chi connectivity index (χ4v) is 4.10. The largest absolute Gasteiger partial charge is 0.493 e. The van der Waals surface area contributed by atoms with E-state index in [1.54, 1.807) is 31.1 Å². The Balaban J connectivity index is 1.59. The monoisotopic (exact) mass is 380 g/mol. The zero-order chi connectivity index (χ0) is 19.6. The van der Waals surface area contributed by atoms with E-state index >= 15 is 0 Å². The molecule has 1 aliphatic carbocycles. The SMILES string of the molecule is COc1ccc(C2(C(=O)NCc3cnn4cccnc34)CCCC2)cc1OC. The Kier molecular flexibility index (Phi) is 4.90. The molecule has 0 bridgehead atoms. The molecular weight excluding hydrogens is 356 g/mol. The quantitative estimate of drug-likeness (QED) is 0.711. The second kappa shape index (κ2) is 7.50. The summed E-state index contributed by atoms with van der Waals surface area (Å²) < 4.78 is 12.5. The maximum Gasteiger partial charge on any atom is 0.230 e. The van der Waals surface area contributed by atoms with Gasteiger partial charge in [0.25, 0.3) is 0 Å². The molecule has 146 valence electrons. The van der Waals surface area contributed by atoms with E-state index in [-0.39, 0.29) is 5.91 Å². The third-order valence-corrected chi connectivity index (χ3v) is 5.62. The predicted octanol–water partition coefficient (Wildman–Crippen LogP) is 2.87. The Hall–Kier alpha value is -3.09. The van der Waals surface area contributed by atoms with Gasteiger partial charge in [0.1, 0.15) is 0 Å². The van der Waals surface area contributed by atoms with E-state index in [0.29, 0.717) is 18.0 Å². The lowest BCUT2D eigenvalue weighted by molar-refractivity contribution is -0.126. The number of hydrogen-bond acceptors (Lipinski definition) is 5. The number of aromatic nitrogens is 3. The fourth-order valence-electron chi connectivity index (χ4n) is 4.10. The van der Waals surface area contributed by atoms with Gasteiger partial charge in [-0.1, -0.05) is 18.9 Å². The Bertz CT molecular complexity index is 992. The van der Waals surface area contributed by atoms with Crippen LogP contribution in [0, 0.1) is 0 Å². The Morgan fingerprint density at radius 2 is 2.00 bits per heavy atom. The lowest BCUT2D eigenvalue weighted by Crippen LogP contribution is -2.42. The fraction of sp³-hybridized carbons (Fsp3) is 0.381. The van der Waals surface area contributed by atoms with E-state index in [1.807, 2.05) is 30.5 Å². The average molecular weight is 380 g/mol. The molecule has 1 saturated carbocycles. The molecule has 0 unspecified atom stereocenters. The van der Waals surface area contributed by atoms with Crippen LogP contribution in [0.15, 0.2) is 42.9 Å². The van der Waals surface area contributed by atoms with Crippen molar-refractivity contribution < 1.29 is 14.3 Å². The van der Waals surface area contributed by atoms with Crippen molar-refractivity contribution in [1.29, 1.82) is 0 Å². The maximum absolute atomic E-state index is 13.3. The number of nitrogens with one attached hydrogen (secondary N) is 1. The van der Waals surface area contributed by atoms with Crippen LogP contribution in [0.3, 0.4) is 0 Å². The summed E-state index contributed by atoms with van der Waals surface area (Å²) >= 11 is 0. The third kappa shape index (κ3) is 3.06. The van der Waals surface area contributed by atoms with Crippen molar-refractivity contribution in [2.45, 2.75) is 37.6 Å². The highest BCUT2D eigenvalue weighted by Gasteiger charge is 2.43. The normalized spacial score (nSPS) is 15.5. The molecule has 7 heteroatoms. The van der Waals surface area contributed by atoms with Gasteiger partial charge in [0.15, 0.2) is 17.1 Å². The number of methoxy groups -OCH3 is 2. The zero-order valence-corrected chi connectivity index (χ0v) is 16.1. The molecule has 1 aliphatic rings. The van der Waals surface area contributed by atoms with Crippen LogP contribution >= 0.6 is 0 Å². The van der Waals surface area contributed by atoms with Crippen molar-refractivity contribution in [2.24, 2.45) is 0 Å². The van der Waals surface area contributed by atoms with Crippen molar-refractivity contribution in [1.82, 2.24) is 19.9 Å². The second-order valence-corrected chi connectivity index (χ2v) is 7.10. The average Bonchev–Trinajstić information content (AvgIpc) is 3.39. The van der Waals surface area contributed by atoms with Crippen molar-refractivity contribution in [3.05, 3.63) is 54.0 Å². The van der Waals surface area contributed by atoms with Gasteiger partial charge in [-0.05, 0) is 36.6 Å². The van der Waals surface area contributed by atoms with Crippen molar-refractivity contribution in [2.75, 3.05) is 14.2 Å². The Labute approximate surface area is 163 Å². The lowest BCUT2D eigenvalue weighted by Gasteiger charge is -2.29. The van der Waals surface area contributed by atoms with E-state index in [9.17, 15) is 4.79 Å². The van der Waals surface area contributed by atoms with Crippen LogP contribution in [0.5, 0.6) is 11.5 Å². The van der Waals surface area contributed by atoms with Gasteiger partial charge < -0.3 is 14.8 Å². The van der Waals surface area contributed by atoms with Gasteiger partial charge in [-0.25, -0.2) is 9.50 Å². The lowest BCUT2D eigenvalue weighted by atomic mass is 9.77.